The second kappa shape index (κ2) is 9.19. The zero-order valence-electron chi connectivity index (χ0n) is 16.5. The van der Waals surface area contributed by atoms with E-state index in [9.17, 15) is 4.79 Å². The molecule has 0 saturated heterocycles. The maximum atomic E-state index is 12.5. The first-order valence-corrected chi connectivity index (χ1v) is 9.99. The van der Waals surface area contributed by atoms with Crippen LogP contribution in [0.4, 0.5) is 0 Å². The van der Waals surface area contributed by atoms with Crippen LogP contribution in [0.25, 0.3) is 0 Å². The van der Waals surface area contributed by atoms with Gasteiger partial charge in [-0.3, -0.25) is 9.48 Å². The molecule has 4 rings (SSSR count). The fourth-order valence-electron chi connectivity index (χ4n) is 3.27. The number of nitrogens with one attached hydrogen (secondary N) is 1. The number of halogens is 1. The summed E-state index contributed by atoms with van der Waals surface area (Å²) in [5, 5.41) is 7.96. The largest absolute Gasteiger partial charge is 0.493 e. The molecule has 2 heterocycles. The topological polar surface area (TPSA) is 74.6 Å². The van der Waals surface area contributed by atoms with Crippen molar-refractivity contribution in [2.24, 2.45) is 0 Å². The molecule has 1 amide bonds. The predicted octanol–water partition coefficient (Wildman–Crippen LogP) is 3.63. The standard InChI is InChI=1S/C22H22ClN3O4/c1-28-19-4-2-3-5-20(19)29-11-10-24-22(27)18-12-17-14-30-21(13-26(17)25-18)15-6-8-16(23)9-7-15/h2-9,12,21H,10-11,13-14H2,1H3,(H,24,27)/t21-/m0/s1. The molecule has 0 bridgehead atoms. The normalized spacial score (nSPS) is 15.3. The number of hydrogen-bond acceptors (Lipinski definition) is 5. The van der Waals surface area contributed by atoms with Gasteiger partial charge in [-0.05, 0) is 35.9 Å². The van der Waals surface area contributed by atoms with E-state index >= 15 is 0 Å². The van der Waals surface area contributed by atoms with E-state index in [1.807, 2.05) is 53.2 Å². The van der Waals surface area contributed by atoms with Crippen LogP contribution < -0.4 is 14.8 Å². The predicted molar refractivity (Wildman–Crippen MR) is 112 cm³/mol. The molecule has 156 valence electrons. The van der Waals surface area contributed by atoms with Crippen molar-refractivity contribution in [3.63, 3.8) is 0 Å². The van der Waals surface area contributed by atoms with Crippen molar-refractivity contribution >= 4 is 17.5 Å². The van der Waals surface area contributed by atoms with Crippen LogP contribution in [0.3, 0.4) is 0 Å². The lowest BCUT2D eigenvalue weighted by Crippen LogP contribution is -2.28. The van der Waals surface area contributed by atoms with Gasteiger partial charge in [0, 0.05) is 5.02 Å². The fraction of sp³-hybridized carbons (Fsp3) is 0.273. The van der Waals surface area contributed by atoms with Crippen LogP contribution in [-0.2, 0) is 17.9 Å². The van der Waals surface area contributed by atoms with Gasteiger partial charge in [0.2, 0.25) is 0 Å². The minimum Gasteiger partial charge on any atom is -0.493 e. The van der Waals surface area contributed by atoms with Crippen LogP contribution in [-0.4, -0.2) is 35.9 Å². The highest BCUT2D eigenvalue weighted by atomic mass is 35.5. The van der Waals surface area contributed by atoms with Crippen molar-refractivity contribution in [2.45, 2.75) is 19.3 Å². The lowest BCUT2D eigenvalue weighted by molar-refractivity contribution is -0.00119. The van der Waals surface area contributed by atoms with Crippen molar-refractivity contribution in [1.29, 1.82) is 0 Å². The Balaban J connectivity index is 1.31. The van der Waals surface area contributed by atoms with E-state index in [0.29, 0.717) is 48.5 Å². The summed E-state index contributed by atoms with van der Waals surface area (Å²) in [5.74, 6) is 1.04. The molecule has 1 aromatic heterocycles. The Morgan fingerprint density at radius 2 is 2.00 bits per heavy atom. The van der Waals surface area contributed by atoms with Crippen LogP contribution in [0.5, 0.6) is 11.5 Å². The van der Waals surface area contributed by atoms with Crippen LogP contribution in [0.2, 0.25) is 5.02 Å². The molecular weight excluding hydrogens is 406 g/mol. The van der Waals surface area contributed by atoms with E-state index < -0.39 is 0 Å². The van der Waals surface area contributed by atoms with Crippen molar-refractivity contribution in [1.82, 2.24) is 15.1 Å². The third kappa shape index (κ3) is 4.58. The summed E-state index contributed by atoms with van der Waals surface area (Å²) in [6, 6.07) is 16.7. The summed E-state index contributed by atoms with van der Waals surface area (Å²) in [5.41, 5.74) is 2.26. The summed E-state index contributed by atoms with van der Waals surface area (Å²) in [6.07, 6.45) is -0.125. The molecule has 0 fully saturated rings. The monoisotopic (exact) mass is 427 g/mol. The molecular formula is C22H22ClN3O4. The number of fused-ring (bicyclic) bond motifs is 1. The van der Waals surface area contributed by atoms with E-state index in [1.165, 1.54) is 0 Å². The molecule has 0 aliphatic carbocycles. The lowest BCUT2D eigenvalue weighted by atomic mass is 10.1. The maximum absolute atomic E-state index is 12.5. The van der Waals surface area contributed by atoms with Crippen molar-refractivity contribution < 1.29 is 19.0 Å². The summed E-state index contributed by atoms with van der Waals surface area (Å²) in [6.45, 7) is 1.61. The molecule has 1 aliphatic heterocycles. The van der Waals surface area contributed by atoms with E-state index in [2.05, 4.69) is 10.4 Å². The first kappa shape index (κ1) is 20.3. The summed E-state index contributed by atoms with van der Waals surface area (Å²) >= 11 is 5.95. The lowest BCUT2D eigenvalue weighted by Gasteiger charge is -2.24. The molecule has 0 unspecified atom stereocenters. The van der Waals surface area contributed by atoms with Crippen LogP contribution >= 0.6 is 11.6 Å². The second-order valence-electron chi connectivity index (χ2n) is 6.81. The number of carbonyl (C=O) groups is 1. The molecule has 0 saturated carbocycles. The van der Waals surface area contributed by atoms with Gasteiger partial charge in [0.15, 0.2) is 17.2 Å². The Bertz CT molecular complexity index is 1020. The number of para-hydroxylation sites is 2. The van der Waals surface area contributed by atoms with Crippen LogP contribution in [0, 0.1) is 0 Å². The Hall–Kier alpha value is -3.03. The molecule has 0 radical (unpaired) electrons. The smallest absolute Gasteiger partial charge is 0.271 e. The number of ether oxygens (including phenoxy) is 3. The van der Waals surface area contributed by atoms with Gasteiger partial charge in [-0.2, -0.15) is 5.10 Å². The van der Waals surface area contributed by atoms with Gasteiger partial charge in [-0.15, -0.1) is 0 Å². The summed E-state index contributed by atoms with van der Waals surface area (Å²) in [7, 11) is 1.59. The molecule has 2 aromatic carbocycles. The number of methoxy groups -OCH3 is 1. The number of carbonyl (C=O) groups excluding carboxylic acids is 1. The van der Waals surface area contributed by atoms with Crippen LogP contribution in [0.1, 0.15) is 27.8 Å². The number of nitrogens with zero attached hydrogens (tertiary/aromatic N) is 2. The van der Waals surface area contributed by atoms with Crippen LogP contribution in [0.15, 0.2) is 54.6 Å². The SMILES string of the molecule is COc1ccccc1OCCNC(=O)c1cc2n(n1)C[C@@H](c1ccc(Cl)cc1)OC2. The highest BCUT2D eigenvalue weighted by Crippen LogP contribution is 2.28. The zero-order chi connectivity index (χ0) is 20.9. The minimum atomic E-state index is -0.247. The first-order valence-electron chi connectivity index (χ1n) is 9.62. The number of rotatable bonds is 7. The summed E-state index contributed by atoms with van der Waals surface area (Å²) in [4.78, 5) is 12.5. The third-order valence-corrected chi connectivity index (χ3v) is 5.08. The number of aromatic nitrogens is 2. The van der Waals surface area contributed by atoms with Crippen molar-refractivity contribution in [3.05, 3.63) is 76.6 Å². The molecule has 30 heavy (non-hydrogen) atoms. The molecule has 8 heteroatoms. The average Bonchev–Trinajstić information content (AvgIpc) is 3.21. The van der Waals surface area contributed by atoms with Gasteiger partial charge < -0.3 is 19.5 Å². The molecule has 3 aromatic rings. The zero-order valence-corrected chi connectivity index (χ0v) is 17.3. The van der Waals surface area contributed by atoms with Crippen molar-refractivity contribution in [2.75, 3.05) is 20.3 Å². The fourth-order valence-corrected chi connectivity index (χ4v) is 3.40. The van der Waals surface area contributed by atoms with E-state index in [-0.39, 0.29) is 12.0 Å². The molecule has 1 N–H and O–H groups in total. The number of benzene rings is 2. The van der Waals surface area contributed by atoms with Gasteiger partial charge >= 0.3 is 0 Å². The third-order valence-electron chi connectivity index (χ3n) is 4.82. The first-order chi connectivity index (χ1) is 14.6. The van der Waals surface area contributed by atoms with E-state index in [1.54, 1.807) is 13.2 Å². The molecule has 0 spiro atoms. The minimum absolute atomic E-state index is 0.125. The molecule has 7 nitrogen and oxygen atoms in total. The Morgan fingerprint density at radius 1 is 1.23 bits per heavy atom. The maximum Gasteiger partial charge on any atom is 0.271 e. The number of amides is 1. The average molecular weight is 428 g/mol. The quantitative estimate of drug-likeness (QED) is 0.583. The van der Waals surface area contributed by atoms with E-state index in [4.69, 9.17) is 25.8 Å². The Morgan fingerprint density at radius 3 is 2.77 bits per heavy atom. The van der Waals surface area contributed by atoms with Gasteiger partial charge in [-0.1, -0.05) is 35.9 Å². The Kier molecular flexibility index (Phi) is 6.21. The highest BCUT2D eigenvalue weighted by Gasteiger charge is 2.24. The number of hydrogen-bond donors (Lipinski definition) is 1. The summed E-state index contributed by atoms with van der Waals surface area (Å²) < 4.78 is 18.7. The molecule has 1 aliphatic rings. The van der Waals surface area contributed by atoms with Crippen molar-refractivity contribution in [3.8, 4) is 11.5 Å². The van der Waals surface area contributed by atoms with Gasteiger partial charge in [0.1, 0.15) is 12.7 Å². The second-order valence-corrected chi connectivity index (χ2v) is 7.25. The molecule has 1 atom stereocenters. The highest BCUT2D eigenvalue weighted by molar-refractivity contribution is 6.30. The van der Waals surface area contributed by atoms with Gasteiger partial charge in [0.05, 0.1) is 32.5 Å². The Labute approximate surface area is 179 Å². The van der Waals surface area contributed by atoms with E-state index in [0.717, 1.165) is 11.3 Å². The van der Waals surface area contributed by atoms with Gasteiger partial charge in [-0.25, -0.2) is 0 Å². The van der Waals surface area contributed by atoms with Gasteiger partial charge in [0.25, 0.3) is 5.91 Å².